The van der Waals surface area contributed by atoms with Crippen molar-refractivity contribution in [3.8, 4) is 0 Å². The fourth-order valence-electron chi connectivity index (χ4n) is 2.50. The molecule has 1 amide bonds. The van der Waals surface area contributed by atoms with E-state index < -0.39 is 11.5 Å². The number of unbranched alkanes of at least 4 members (excludes halogenated alkanes) is 1. The molecule has 2 N–H and O–H groups in total. The van der Waals surface area contributed by atoms with Gasteiger partial charge in [0.25, 0.3) is 5.91 Å². The smallest absolute Gasteiger partial charge is 0.281 e. The first kappa shape index (κ1) is 17.9. The summed E-state index contributed by atoms with van der Waals surface area (Å²) in [4.78, 5) is 12.8. The van der Waals surface area contributed by atoms with Gasteiger partial charge in [-0.15, -0.1) is 0 Å². The number of rotatable bonds is 7. The molecule has 2 aromatic carbocycles. The minimum atomic E-state index is -1.78. The number of carbonyl (C=O) groups excluding carboxylic acids is 1. The van der Waals surface area contributed by atoms with Crippen LogP contribution in [0.2, 0.25) is 0 Å². The highest BCUT2D eigenvalue weighted by Crippen LogP contribution is 2.29. The highest BCUT2D eigenvalue weighted by Gasteiger charge is 2.39. The monoisotopic (exact) mass is 324 g/mol. The Morgan fingerprint density at radius 3 is 2.00 bits per heavy atom. The minimum Gasteiger partial charge on any atom is -0.372 e. The standard InChI is InChI=1S/C20H24N2O2/c1-3-4-11-16(2)21-22-19(23)20(24,17-12-7-5-8-13-17)18-14-9-6-10-15-18/h5-10,12-15,24H,3-4,11H2,1-2H3,(H,22,23). The maximum absolute atomic E-state index is 12.8. The van der Waals surface area contributed by atoms with Gasteiger partial charge >= 0.3 is 0 Å². The molecule has 0 aliphatic heterocycles. The second-order valence-corrected chi connectivity index (χ2v) is 5.83. The predicted molar refractivity (Wildman–Crippen MR) is 96.7 cm³/mol. The van der Waals surface area contributed by atoms with Crippen LogP contribution in [0, 0.1) is 0 Å². The van der Waals surface area contributed by atoms with Crippen LogP contribution in [0.4, 0.5) is 0 Å². The molecule has 126 valence electrons. The van der Waals surface area contributed by atoms with Crippen molar-refractivity contribution in [2.75, 3.05) is 0 Å². The summed E-state index contributed by atoms with van der Waals surface area (Å²) >= 11 is 0. The van der Waals surface area contributed by atoms with Gasteiger partial charge in [0.1, 0.15) is 0 Å². The molecule has 0 heterocycles. The molecule has 0 saturated heterocycles. The van der Waals surface area contributed by atoms with E-state index in [9.17, 15) is 9.90 Å². The minimum absolute atomic E-state index is 0.509. The van der Waals surface area contributed by atoms with E-state index in [1.54, 1.807) is 48.5 Å². The molecule has 2 aromatic rings. The molecule has 0 bridgehead atoms. The van der Waals surface area contributed by atoms with Gasteiger partial charge < -0.3 is 5.11 Å². The number of amides is 1. The van der Waals surface area contributed by atoms with E-state index >= 15 is 0 Å². The maximum atomic E-state index is 12.8. The number of benzene rings is 2. The van der Waals surface area contributed by atoms with E-state index in [4.69, 9.17) is 0 Å². The Hall–Kier alpha value is -2.46. The van der Waals surface area contributed by atoms with E-state index in [2.05, 4.69) is 17.5 Å². The number of aliphatic hydroxyl groups is 1. The molecule has 0 unspecified atom stereocenters. The van der Waals surface area contributed by atoms with E-state index in [1.807, 2.05) is 19.1 Å². The largest absolute Gasteiger partial charge is 0.372 e. The van der Waals surface area contributed by atoms with E-state index in [1.165, 1.54) is 0 Å². The van der Waals surface area contributed by atoms with Gasteiger partial charge in [0.15, 0.2) is 5.60 Å². The zero-order valence-electron chi connectivity index (χ0n) is 14.2. The maximum Gasteiger partial charge on any atom is 0.281 e. The van der Waals surface area contributed by atoms with Crippen LogP contribution in [0.5, 0.6) is 0 Å². The van der Waals surface area contributed by atoms with E-state index in [0.29, 0.717) is 11.1 Å². The van der Waals surface area contributed by atoms with Crippen LogP contribution >= 0.6 is 0 Å². The second-order valence-electron chi connectivity index (χ2n) is 5.83. The highest BCUT2D eigenvalue weighted by molar-refractivity contribution is 5.91. The molecule has 24 heavy (non-hydrogen) atoms. The molecule has 4 nitrogen and oxygen atoms in total. The molecule has 2 rings (SSSR count). The molecule has 4 heteroatoms. The van der Waals surface area contributed by atoms with Gasteiger partial charge in [0.2, 0.25) is 0 Å². The molecular weight excluding hydrogens is 300 g/mol. The quantitative estimate of drug-likeness (QED) is 0.604. The van der Waals surface area contributed by atoms with Crippen molar-refractivity contribution in [3.63, 3.8) is 0 Å². The van der Waals surface area contributed by atoms with Crippen molar-refractivity contribution in [3.05, 3.63) is 71.8 Å². The summed E-state index contributed by atoms with van der Waals surface area (Å²) in [7, 11) is 0. The van der Waals surface area contributed by atoms with Gasteiger partial charge in [-0.3, -0.25) is 4.79 Å². The van der Waals surface area contributed by atoms with Gasteiger partial charge in [-0.2, -0.15) is 5.10 Å². The summed E-state index contributed by atoms with van der Waals surface area (Å²) in [6, 6.07) is 17.8. The summed E-state index contributed by atoms with van der Waals surface area (Å²) in [5.41, 5.74) is 2.61. The van der Waals surface area contributed by atoms with Crippen LogP contribution in [0.25, 0.3) is 0 Å². The molecule has 0 saturated carbocycles. The van der Waals surface area contributed by atoms with Crippen LogP contribution in [0.1, 0.15) is 44.2 Å². The van der Waals surface area contributed by atoms with Crippen molar-refractivity contribution in [1.82, 2.24) is 5.43 Å². The Morgan fingerprint density at radius 2 is 1.54 bits per heavy atom. The van der Waals surface area contributed by atoms with Gasteiger partial charge in [0.05, 0.1) is 0 Å². The summed E-state index contributed by atoms with van der Waals surface area (Å²) in [5.74, 6) is -0.559. The first-order valence-electron chi connectivity index (χ1n) is 8.26. The number of hydrazone groups is 1. The highest BCUT2D eigenvalue weighted by atomic mass is 16.3. The first-order chi connectivity index (χ1) is 11.6. The fourth-order valence-corrected chi connectivity index (χ4v) is 2.50. The summed E-state index contributed by atoms with van der Waals surface area (Å²) in [6.45, 7) is 3.98. The third-order valence-electron chi connectivity index (χ3n) is 3.95. The first-order valence-corrected chi connectivity index (χ1v) is 8.26. The third kappa shape index (κ3) is 4.09. The Labute approximate surface area is 143 Å². The lowest BCUT2D eigenvalue weighted by atomic mass is 9.85. The lowest BCUT2D eigenvalue weighted by Gasteiger charge is -2.27. The third-order valence-corrected chi connectivity index (χ3v) is 3.95. The van der Waals surface area contributed by atoms with Crippen molar-refractivity contribution < 1.29 is 9.90 Å². The molecule has 0 spiro atoms. The van der Waals surface area contributed by atoms with Gasteiger partial charge in [-0.05, 0) is 30.9 Å². The molecular formula is C20H24N2O2. The van der Waals surface area contributed by atoms with Crippen LogP contribution < -0.4 is 5.43 Å². The van der Waals surface area contributed by atoms with Crippen molar-refractivity contribution in [1.29, 1.82) is 0 Å². The zero-order chi connectivity index (χ0) is 17.4. The van der Waals surface area contributed by atoms with Crippen molar-refractivity contribution in [2.45, 2.75) is 38.7 Å². The fraction of sp³-hybridized carbons (Fsp3) is 0.300. The number of hydrogen-bond donors (Lipinski definition) is 2. The molecule has 0 fully saturated rings. The average molecular weight is 324 g/mol. The summed E-state index contributed by atoms with van der Waals surface area (Å²) in [5, 5.41) is 15.4. The van der Waals surface area contributed by atoms with Crippen molar-refractivity contribution >= 4 is 11.6 Å². The van der Waals surface area contributed by atoms with Crippen molar-refractivity contribution in [2.24, 2.45) is 5.10 Å². The number of hydrogen-bond acceptors (Lipinski definition) is 3. The van der Waals surface area contributed by atoms with Crippen LogP contribution in [0.3, 0.4) is 0 Å². The normalized spacial score (nSPS) is 12.0. The van der Waals surface area contributed by atoms with E-state index in [0.717, 1.165) is 25.0 Å². The van der Waals surface area contributed by atoms with Crippen LogP contribution in [0.15, 0.2) is 65.8 Å². The van der Waals surface area contributed by atoms with Crippen LogP contribution in [-0.4, -0.2) is 16.7 Å². The summed E-state index contributed by atoms with van der Waals surface area (Å²) < 4.78 is 0. The predicted octanol–water partition coefficient (Wildman–Crippen LogP) is 3.60. The molecule has 0 aromatic heterocycles. The number of nitrogens with one attached hydrogen (secondary N) is 1. The Kier molecular flexibility index (Phi) is 6.27. The second kappa shape index (κ2) is 8.41. The SMILES string of the molecule is CCCCC(C)=NNC(=O)C(O)(c1ccccc1)c1ccccc1. The van der Waals surface area contributed by atoms with Gasteiger partial charge in [0, 0.05) is 5.71 Å². The lowest BCUT2D eigenvalue weighted by Crippen LogP contribution is -2.43. The van der Waals surface area contributed by atoms with Gasteiger partial charge in [-0.25, -0.2) is 5.43 Å². The summed E-state index contributed by atoms with van der Waals surface area (Å²) in [6.07, 6.45) is 2.91. The molecule has 0 radical (unpaired) electrons. The Balaban J connectivity index is 2.32. The van der Waals surface area contributed by atoms with E-state index in [-0.39, 0.29) is 0 Å². The average Bonchev–Trinajstić information content (AvgIpc) is 2.65. The topological polar surface area (TPSA) is 61.7 Å². The lowest BCUT2D eigenvalue weighted by molar-refractivity contribution is -0.136. The molecule has 0 atom stereocenters. The van der Waals surface area contributed by atoms with Crippen LogP contribution in [-0.2, 0) is 10.4 Å². The number of nitrogens with zero attached hydrogens (tertiary/aromatic N) is 1. The number of carbonyl (C=O) groups is 1. The Bertz CT molecular complexity index is 642. The zero-order valence-corrected chi connectivity index (χ0v) is 14.2. The Morgan fingerprint density at radius 1 is 1.04 bits per heavy atom. The van der Waals surface area contributed by atoms with Gasteiger partial charge in [-0.1, -0.05) is 74.0 Å². The molecule has 0 aliphatic rings. The molecule has 0 aliphatic carbocycles.